The molecule has 3 rings (SSSR count). The summed E-state index contributed by atoms with van der Waals surface area (Å²) in [5.41, 5.74) is 4.95. The average Bonchev–Trinajstić information content (AvgIpc) is 2.68. The molecule has 0 atom stereocenters. The highest BCUT2D eigenvalue weighted by atomic mass is 32.2. The first kappa shape index (κ1) is 16.9. The number of carbonyl (C=O) groups excluding carboxylic acids is 1. The number of hydrogen-bond donors (Lipinski definition) is 1. The smallest absolute Gasteiger partial charge is 0.267 e. The van der Waals surface area contributed by atoms with Crippen molar-refractivity contribution in [2.45, 2.75) is 10.6 Å². The number of nitrogens with one attached hydrogen (secondary N) is 1. The molecule has 0 bridgehead atoms. The minimum absolute atomic E-state index is 0.241. The van der Waals surface area contributed by atoms with E-state index in [2.05, 4.69) is 27.6 Å². The molecule has 1 N–H and O–H groups in total. The topological polar surface area (TPSA) is 54.4 Å². The first-order valence-corrected chi connectivity index (χ1v) is 8.81. The van der Waals surface area contributed by atoms with Gasteiger partial charge in [0.15, 0.2) is 0 Å². The molecule has 124 valence electrons. The molecular weight excluding hydrogens is 330 g/mol. The molecule has 0 aliphatic heterocycles. The molecular formula is C20H17N3OS. The van der Waals surface area contributed by atoms with E-state index in [1.165, 1.54) is 16.7 Å². The van der Waals surface area contributed by atoms with Crippen LogP contribution in [0.4, 0.5) is 0 Å². The molecule has 5 heteroatoms. The first-order valence-electron chi connectivity index (χ1n) is 7.82. The number of carbonyl (C=O) groups is 1. The van der Waals surface area contributed by atoms with E-state index in [1.54, 1.807) is 18.0 Å². The molecule has 3 aromatic rings. The molecule has 0 saturated carbocycles. The van der Waals surface area contributed by atoms with E-state index in [-0.39, 0.29) is 5.91 Å². The Hall–Kier alpha value is -2.92. The zero-order chi connectivity index (χ0) is 17.3. The lowest BCUT2D eigenvalue weighted by Crippen LogP contribution is -2.17. The Bertz CT molecular complexity index is 834. The summed E-state index contributed by atoms with van der Waals surface area (Å²) >= 11 is 1.77. The van der Waals surface area contributed by atoms with E-state index in [0.29, 0.717) is 11.3 Å². The number of thioether (sulfide) groups is 1. The van der Waals surface area contributed by atoms with Crippen LogP contribution < -0.4 is 5.43 Å². The van der Waals surface area contributed by atoms with E-state index in [4.69, 9.17) is 0 Å². The van der Waals surface area contributed by atoms with Crippen LogP contribution >= 0.6 is 11.8 Å². The normalized spacial score (nSPS) is 10.7. The van der Waals surface area contributed by atoms with E-state index >= 15 is 0 Å². The standard InChI is InChI=1S/C20H17N3OS/c24-20(23-22-14-18-6-4-5-13-21-18)17-11-9-16(10-12-17)15-25-19-7-2-1-3-8-19/h1-14H,15H2,(H,23,24)/b22-14+. The Labute approximate surface area is 151 Å². The van der Waals surface area contributed by atoms with Gasteiger partial charge in [0.25, 0.3) is 5.91 Å². The van der Waals surface area contributed by atoms with Crippen LogP contribution in [0, 0.1) is 0 Å². The minimum Gasteiger partial charge on any atom is -0.267 e. The van der Waals surface area contributed by atoms with Crippen molar-refractivity contribution in [3.8, 4) is 0 Å². The molecule has 25 heavy (non-hydrogen) atoms. The summed E-state index contributed by atoms with van der Waals surface area (Å²) in [6, 6.07) is 23.3. The SMILES string of the molecule is O=C(N/N=C/c1ccccn1)c1ccc(CSc2ccccc2)cc1. The van der Waals surface area contributed by atoms with Crippen LogP contribution in [0.3, 0.4) is 0 Å². The maximum atomic E-state index is 12.1. The Kier molecular flexibility index (Phi) is 5.96. The fourth-order valence-corrected chi connectivity index (χ4v) is 2.99. The van der Waals surface area contributed by atoms with Gasteiger partial charge >= 0.3 is 0 Å². The second-order valence-electron chi connectivity index (χ2n) is 5.25. The van der Waals surface area contributed by atoms with Gasteiger partial charge in [-0.25, -0.2) is 5.43 Å². The van der Waals surface area contributed by atoms with Gasteiger partial charge in [0.1, 0.15) is 0 Å². The van der Waals surface area contributed by atoms with Crippen molar-refractivity contribution < 1.29 is 4.79 Å². The number of hydrogen-bond acceptors (Lipinski definition) is 4. The van der Waals surface area contributed by atoms with Gasteiger partial charge in [-0.1, -0.05) is 36.4 Å². The average molecular weight is 347 g/mol. The van der Waals surface area contributed by atoms with E-state index in [0.717, 1.165) is 5.75 Å². The third kappa shape index (κ3) is 5.29. The predicted octanol–water partition coefficient (Wildman–Crippen LogP) is 4.14. The number of pyridine rings is 1. The van der Waals surface area contributed by atoms with E-state index < -0.39 is 0 Å². The molecule has 1 heterocycles. The van der Waals surface area contributed by atoms with Crippen LogP contribution in [0.25, 0.3) is 0 Å². The second-order valence-corrected chi connectivity index (χ2v) is 6.30. The number of amides is 1. The van der Waals surface area contributed by atoms with Gasteiger partial charge in [0.05, 0.1) is 11.9 Å². The number of rotatable bonds is 6. The lowest BCUT2D eigenvalue weighted by atomic mass is 10.1. The second kappa shape index (κ2) is 8.80. The summed E-state index contributed by atoms with van der Waals surface area (Å²) in [5.74, 6) is 0.624. The Morgan fingerprint density at radius 2 is 1.76 bits per heavy atom. The summed E-state index contributed by atoms with van der Waals surface area (Å²) in [5, 5.41) is 3.93. The largest absolute Gasteiger partial charge is 0.271 e. The zero-order valence-electron chi connectivity index (χ0n) is 13.5. The molecule has 4 nitrogen and oxygen atoms in total. The monoisotopic (exact) mass is 347 g/mol. The van der Waals surface area contributed by atoms with Crippen molar-refractivity contribution in [3.63, 3.8) is 0 Å². The van der Waals surface area contributed by atoms with Crippen LogP contribution in [-0.4, -0.2) is 17.1 Å². The highest BCUT2D eigenvalue weighted by molar-refractivity contribution is 7.98. The van der Waals surface area contributed by atoms with Gasteiger partial charge in [-0.05, 0) is 42.0 Å². The van der Waals surface area contributed by atoms with Gasteiger partial charge in [-0.3, -0.25) is 9.78 Å². The van der Waals surface area contributed by atoms with Crippen molar-refractivity contribution in [1.82, 2.24) is 10.4 Å². The maximum absolute atomic E-state index is 12.1. The number of hydrazone groups is 1. The third-order valence-electron chi connectivity index (χ3n) is 3.42. The third-order valence-corrected chi connectivity index (χ3v) is 4.50. The Morgan fingerprint density at radius 1 is 1.00 bits per heavy atom. The van der Waals surface area contributed by atoms with Crippen molar-refractivity contribution in [3.05, 3.63) is 95.8 Å². The van der Waals surface area contributed by atoms with Gasteiger partial charge < -0.3 is 0 Å². The summed E-state index contributed by atoms with van der Waals surface area (Å²) in [6.07, 6.45) is 3.19. The summed E-state index contributed by atoms with van der Waals surface area (Å²) < 4.78 is 0. The van der Waals surface area contributed by atoms with Gasteiger partial charge in [-0.2, -0.15) is 5.10 Å². The number of aromatic nitrogens is 1. The van der Waals surface area contributed by atoms with Crippen LogP contribution in [0.15, 0.2) is 89.0 Å². The Balaban J connectivity index is 1.52. The minimum atomic E-state index is -0.241. The molecule has 0 radical (unpaired) electrons. The quantitative estimate of drug-likeness (QED) is 0.414. The molecule has 1 amide bonds. The highest BCUT2D eigenvalue weighted by Crippen LogP contribution is 2.22. The van der Waals surface area contributed by atoms with Crippen LogP contribution in [-0.2, 0) is 5.75 Å². The molecule has 1 aromatic heterocycles. The van der Waals surface area contributed by atoms with Crippen LogP contribution in [0.1, 0.15) is 21.6 Å². The number of nitrogens with zero attached hydrogens (tertiary/aromatic N) is 2. The first-order chi connectivity index (χ1) is 12.3. The number of benzene rings is 2. The molecule has 0 aliphatic carbocycles. The molecule has 0 unspecified atom stereocenters. The predicted molar refractivity (Wildman–Crippen MR) is 102 cm³/mol. The van der Waals surface area contributed by atoms with Gasteiger partial charge in [0, 0.05) is 22.4 Å². The molecule has 2 aromatic carbocycles. The summed E-state index contributed by atoms with van der Waals surface area (Å²) in [4.78, 5) is 17.4. The van der Waals surface area contributed by atoms with Gasteiger partial charge in [-0.15, -0.1) is 11.8 Å². The van der Waals surface area contributed by atoms with Crippen LogP contribution in [0.5, 0.6) is 0 Å². The molecule has 0 spiro atoms. The summed E-state index contributed by atoms with van der Waals surface area (Å²) in [7, 11) is 0. The molecule has 0 fully saturated rings. The fourth-order valence-electron chi connectivity index (χ4n) is 2.11. The maximum Gasteiger partial charge on any atom is 0.271 e. The van der Waals surface area contributed by atoms with Crippen molar-refractivity contribution in [2.24, 2.45) is 5.10 Å². The lowest BCUT2D eigenvalue weighted by Gasteiger charge is -2.04. The van der Waals surface area contributed by atoms with Gasteiger partial charge in [0.2, 0.25) is 0 Å². The van der Waals surface area contributed by atoms with Crippen molar-refractivity contribution in [1.29, 1.82) is 0 Å². The zero-order valence-corrected chi connectivity index (χ0v) is 14.3. The Morgan fingerprint density at radius 3 is 2.48 bits per heavy atom. The highest BCUT2D eigenvalue weighted by Gasteiger charge is 2.04. The fraction of sp³-hybridized carbons (Fsp3) is 0.0500. The van der Waals surface area contributed by atoms with E-state index in [1.807, 2.05) is 60.7 Å². The molecule has 0 aliphatic rings. The van der Waals surface area contributed by atoms with Crippen molar-refractivity contribution in [2.75, 3.05) is 0 Å². The van der Waals surface area contributed by atoms with Crippen LogP contribution in [0.2, 0.25) is 0 Å². The molecule has 0 saturated heterocycles. The lowest BCUT2D eigenvalue weighted by molar-refractivity contribution is 0.0955. The summed E-state index contributed by atoms with van der Waals surface area (Å²) in [6.45, 7) is 0. The van der Waals surface area contributed by atoms with Crippen molar-refractivity contribution >= 4 is 23.9 Å². The van der Waals surface area contributed by atoms with E-state index in [9.17, 15) is 4.79 Å².